The maximum absolute atomic E-state index is 11.8. The second-order valence-electron chi connectivity index (χ2n) is 5.39. The summed E-state index contributed by atoms with van der Waals surface area (Å²) in [5, 5.41) is 0. The van der Waals surface area contributed by atoms with Gasteiger partial charge in [0.05, 0.1) is 0 Å². The average molecular weight is 312 g/mol. The maximum atomic E-state index is 11.8. The second kappa shape index (κ2) is 9.81. The Morgan fingerprint density at radius 1 is 1.16 bits per heavy atom. The van der Waals surface area contributed by atoms with Gasteiger partial charge >= 0.3 is 0 Å². The molecule has 2 rings (SSSR count). The molecule has 1 unspecified atom stereocenters. The van der Waals surface area contributed by atoms with Crippen molar-refractivity contribution in [3.8, 4) is 0 Å². The molecule has 1 atom stereocenters. The first kappa shape index (κ1) is 19.0. The van der Waals surface area contributed by atoms with Crippen LogP contribution in [0.3, 0.4) is 0 Å². The normalized spacial score (nSPS) is 23.0. The van der Waals surface area contributed by atoms with E-state index in [1.807, 2.05) is 4.90 Å². The highest BCUT2D eigenvalue weighted by molar-refractivity contribution is 5.85. The minimum atomic E-state index is 0. The number of hydrogen-bond donors (Lipinski definition) is 1. The summed E-state index contributed by atoms with van der Waals surface area (Å²) in [7, 11) is 0. The van der Waals surface area contributed by atoms with E-state index in [2.05, 4.69) is 4.90 Å². The molecule has 2 aliphatic rings. The van der Waals surface area contributed by atoms with E-state index in [1.54, 1.807) is 0 Å². The first-order valence-electron chi connectivity index (χ1n) is 7.00. The molecule has 4 nitrogen and oxygen atoms in total. The molecule has 114 valence electrons. The van der Waals surface area contributed by atoms with Crippen LogP contribution in [0.4, 0.5) is 0 Å². The number of nitrogens with two attached hydrogens (primary N) is 1. The van der Waals surface area contributed by atoms with E-state index < -0.39 is 0 Å². The summed E-state index contributed by atoms with van der Waals surface area (Å²) in [5.74, 6) is 1.01. The van der Waals surface area contributed by atoms with Crippen LogP contribution in [-0.2, 0) is 4.79 Å². The fourth-order valence-corrected chi connectivity index (χ4v) is 2.95. The molecular weight excluding hydrogens is 285 g/mol. The molecule has 0 bridgehead atoms. The van der Waals surface area contributed by atoms with Gasteiger partial charge in [-0.05, 0) is 51.2 Å². The van der Waals surface area contributed by atoms with Crippen molar-refractivity contribution in [2.75, 3.05) is 39.3 Å². The van der Waals surface area contributed by atoms with Gasteiger partial charge in [-0.1, -0.05) is 0 Å². The number of carbonyl (C=O) groups is 1. The van der Waals surface area contributed by atoms with Crippen LogP contribution in [0, 0.1) is 5.92 Å². The first-order valence-corrected chi connectivity index (χ1v) is 7.00. The fraction of sp³-hybridized carbons (Fsp3) is 0.923. The third-order valence-electron chi connectivity index (χ3n) is 3.95. The summed E-state index contributed by atoms with van der Waals surface area (Å²) in [4.78, 5) is 16.4. The Hall–Kier alpha value is -0.0300. The van der Waals surface area contributed by atoms with Gasteiger partial charge in [-0.15, -0.1) is 24.8 Å². The van der Waals surface area contributed by atoms with Crippen LogP contribution in [0.25, 0.3) is 0 Å². The Bertz CT molecular complexity index is 260. The molecule has 0 spiro atoms. The number of nitrogens with zero attached hydrogens (tertiary/aromatic N) is 2. The minimum absolute atomic E-state index is 0. The number of rotatable bonds is 5. The van der Waals surface area contributed by atoms with Crippen molar-refractivity contribution in [3.63, 3.8) is 0 Å². The van der Waals surface area contributed by atoms with Crippen LogP contribution in [0.2, 0.25) is 0 Å². The van der Waals surface area contributed by atoms with Gasteiger partial charge in [0.15, 0.2) is 0 Å². The van der Waals surface area contributed by atoms with E-state index in [1.165, 1.54) is 38.9 Å². The Kier molecular flexibility index (Phi) is 9.79. The lowest BCUT2D eigenvalue weighted by Crippen LogP contribution is -2.32. The van der Waals surface area contributed by atoms with Crippen LogP contribution < -0.4 is 5.73 Å². The van der Waals surface area contributed by atoms with Crippen LogP contribution in [0.5, 0.6) is 0 Å². The van der Waals surface area contributed by atoms with Gasteiger partial charge in [-0.3, -0.25) is 4.79 Å². The molecule has 2 N–H and O–H groups in total. The molecule has 6 heteroatoms. The van der Waals surface area contributed by atoms with Crippen molar-refractivity contribution < 1.29 is 4.79 Å². The average Bonchev–Trinajstić information content (AvgIpc) is 2.98. The van der Waals surface area contributed by atoms with Gasteiger partial charge in [0.25, 0.3) is 0 Å². The third-order valence-corrected chi connectivity index (χ3v) is 3.95. The molecule has 0 aromatic rings. The topological polar surface area (TPSA) is 49.6 Å². The van der Waals surface area contributed by atoms with Crippen molar-refractivity contribution in [2.45, 2.75) is 32.1 Å². The molecule has 2 saturated heterocycles. The molecule has 0 radical (unpaired) electrons. The summed E-state index contributed by atoms with van der Waals surface area (Å²) in [6.07, 6.45) is 5.35. The van der Waals surface area contributed by atoms with Crippen LogP contribution in [-0.4, -0.2) is 55.0 Å². The van der Waals surface area contributed by atoms with Crippen LogP contribution in [0.1, 0.15) is 32.1 Å². The molecule has 0 aromatic heterocycles. The number of likely N-dealkylation sites (tertiary alicyclic amines) is 2. The third kappa shape index (κ3) is 5.86. The molecule has 1 amide bonds. The second-order valence-corrected chi connectivity index (χ2v) is 5.39. The Morgan fingerprint density at radius 3 is 2.47 bits per heavy atom. The van der Waals surface area contributed by atoms with Crippen molar-refractivity contribution in [2.24, 2.45) is 11.7 Å². The summed E-state index contributed by atoms with van der Waals surface area (Å²) in [6, 6.07) is 0. The Labute approximate surface area is 128 Å². The zero-order valence-corrected chi connectivity index (χ0v) is 13.2. The van der Waals surface area contributed by atoms with Gasteiger partial charge in [-0.25, -0.2) is 0 Å². The predicted octanol–water partition coefficient (Wildman–Crippen LogP) is 1.51. The molecule has 2 fully saturated rings. The van der Waals surface area contributed by atoms with E-state index in [9.17, 15) is 4.79 Å². The molecule has 19 heavy (non-hydrogen) atoms. The van der Waals surface area contributed by atoms with Gasteiger partial charge in [0.2, 0.25) is 5.91 Å². The summed E-state index contributed by atoms with van der Waals surface area (Å²) < 4.78 is 0. The van der Waals surface area contributed by atoms with E-state index >= 15 is 0 Å². The molecule has 0 aliphatic carbocycles. The monoisotopic (exact) mass is 311 g/mol. The quantitative estimate of drug-likeness (QED) is 0.837. The molecular formula is C13H27Cl2N3O. The largest absolute Gasteiger partial charge is 0.342 e. The smallest absolute Gasteiger partial charge is 0.222 e. The fourth-order valence-electron chi connectivity index (χ4n) is 2.95. The Balaban J connectivity index is 0.00000162. The van der Waals surface area contributed by atoms with Crippen molar-refractivity contribution in [1.29, 1.82) is 0 Å². The summed E-state index contributed by atoms with van der Waals surface area (Å²) >= 11 is 0. The zero-order valence-electron chi connectivity index (χ0n) is 11.6. The minimum Gasteiger partial charge on any atom is -0.342 e. The summed E-state index contributed by atoms with van der Waals surface area (Å²) in [6.45, 7) is 6.27. The van der Waals surface area contributed by atoms with Crippen molar-refractivity contribution in [3.05, 3.63) is 0 Å². The van der Waals surface area contributed by atoms with Gasteiger partial charge in [0, 0.05) is 26.1 Å². The SMILES string of the molecule is Cl.Cl.NCCCC(=O)N1CCC(CN2CCCC2)C1. The van der Waals surface area contributed by atoms with E-state index in [0.717, 1.165) is 19.5 Å². The number of halogens is 2. The molecule has 0 aromatic carbocycles. The van der Waals surface area contributed by atoms with E-state index in [0.29, 0.717) is 24.8 Å². The van der Waals surface area contributed by atoms with Gasteiger partial charge in [0.1, 0.15) is 0 Å². The zero-order chi connectivity index (χ0) is 12.1. The van der Waals surface area contributed by atoms with Crippen LogP contribution in [0.15, 0.2) is 0 Å². The maximum Gasteiger partial charge on any atom is 0.222 e. The first-order chi connectivity index (χ1) is 8.29. The Morgan fingerprint density at radius 2 is 1.84 bits per heavy atom. The van der Waals surface area contributed by atoms with E-state index in [4.69, 9.17) is 5.73 Å². The lowest BCUT2D eigenvalue weighted by Gasteiger charge is -2.20. The number of hydrogen-bond acceptors (Lipinski definition) is 3. The van der Waals surface area contributed by atoms with Gasteiger partial charge in [-0.2, -0.15) is 0 Å². The molecule has 2 aliphatic heterocycles. The van der Waals surface area contributed by atoms with E-state index in [-0.39, 0.29) is 24.8 Å². The van der Waals surface area contributed by atoms with Crippen molar-refractivity contribution >= 4 is 30.7 Å². The highest BCUT2D eigenvalue weighted by Crippen LogP contribution is 2.20. The molecule has 2 heterocycles. The van der Waals surface area contributed by atoms with Crippen LogP contribution >= 0.6 is 24.8 Å². The highest BCUT2D eigenvalue weighted by atomic mass is 35.5. The standard InChI is InChI=1S/C13H25N3O.2ClH/c14-6-3-4-13(17)16-9-5-12(11-16)10-15-7-1-2-8-15;;/h12H,1-11,14H2;2*1H. The lowest BCUT2D eigenvalue weighted by atomic mass is 10.1. The highest BCUT2D eigenvalue weighted by Gasteiger charge is 2.27. The number of carbonyl (C=O) groups excluding carboxylic acids is 1. The lowest BCUT2D eigenvalue weighted by molar-refractivity contribution is -0.130. The predicted molar refractivity (Wildman–Crippen MR) is 83.1 cm³/mol. The number of amides is 1. The molecule has 0 saturated carbocycles. The van der Waals surface area contributed by atoms with Gasteiger partial charge < -0.3 is 15.5 Å². The van der Waals surface area contributed by atoms with Crippen molar-refractivity contribution in [1.82, 2.24) is 9.80 Å². The summed E-state index contributed by atoms with van der Waals surface area (Å²) in [5.41, 5.74) is 5.43.